The molecule has 0 saturated carbocycles. The van der Waals surface area contributed by atoms with Crippen LogP contribution in [0.2, 0.25) is 0 Å². The molecular weight excluding hydrogens is 270 g/mol. The molecule has 2 heterocycles. The lowest BCUT2D eigenvalue weighted by atomic mass is 10.1. The first kappa shape index (κ1) is 13.2. The van der Waals surface area contributed by atoms with Crippen molar-refractivity contribution in [1.82, 2.24) is 10.3 Å². The van der Waals surface area contributed by atoms with E-state index in [2.05, 4.69) is 10.3 Å². The number of carbonyl (C=O) groups is 1. The standard InChI is InChI=1S/C15H17N3OS/c16-14-12-4-2-1-3-11(12)13(8-17-14)15(19)18-7-10-5-6-20-9-10/h1-4,8,10H,5-7,9H2,(H2,16,17)(H,18,19). The summed E-state index contributed by atoms with van der Waals surface area (Å²) in [6.07, 6.45) is 2.75. The predicted molar refractivity (Wildman–Crippen MR) is 83.9 cm³/mol. The first-order valence-corrected chi connectivity index (χ1v) is 7.90. The van der Waals surface area contributed by atoms with Gasteiger partial charge >= 0.3 is 0 Å². The van der Waals surface area contributed by atoms with Crippen LogP contribution in [0.4, 0.5) is 5.82 Å². The molecule has 0 aliphatic carbocycles. The van der Waals surface area contributed by atoms with E-state index in [1.54, 1.807) is 6.20 Å². The number of hydrogen-bond donors (Lipinski definition) is 2. The Balaban J connectivity index is 1.82. The second-order valence-electron chi connectivity index (χ2n) is 5.04. The van der Waals surface area contributed by atoms with Crippen LogP contribution in [0.1, 0.15) is 16.8 Å². The maximum absolute atomic E-state index is 12.3. The lowest BCUT2D eigenvalue weighted by molar-refractivity contribution is 0.0950. The molecule has 2 aromatic rings. The normalized spacial score (nSPS) is 18.3. The second kappa shape index (κ2) is 5.71. The molecular formula is C15H17N3OS. The topological polar surface area (TPSA) is 68.0 Å². The van der Waals surface area contributed by atoms with Gasteiger partial charge < -0.3 is 11.1 Å². The number of thioether (sulfide) groups is 1. The number of nitrogen functional groups attached to an aromatic ring is 1. The Morgan fingerprint density at radius 1 is 1.40 bits per heavy atom. The maximum Gasteiger partial charge on any atom is 0.253 e. The van der Waals surface area contributed by atoms with Gasteiger partial charge in [0.05, 0.1) is 5.56 Å². The number of carbonyl (C=O) groups excluding carboxylic acids is 1. The van der Waals surface area contributed by atoms with E-state index < -0.39 is 0 Å². The first-order valence-electron chi connectivity index (χ1n) is 6.75. The third-order valence-electron chi connectivity index (χ3n) is 3.65. The molecule has 0 spiro atoms. The van der Waals surface area contributed by atoms with E-state index in [1.165, 1.54) is 12.2 Å². The Kier molecular flexibility index (Phi) is 3.78. The molecule has 4 nitrogen and oxygen atoms in total. The van der Waals surface area contributed by atoms with Gasteiger partial charge in [0.25, 0.3) is 5.91 Å². The zero-order chi connectivity index (χ0) is 13.9. The van der Waals surface area contributed by atoms with Crippen LogP contribution in [0.3, 0.4) is 0 Å². The number of rotatable bonds is 3. The average Bonchev–Trinajstić information content (AvgIpc) is 2.99. The van der Waals surface area contributed by atoms with Gasteiger partial charge in [0.2, 0.25) is 0 Å². The van der Waals surface area contributed by atoms with E-state index >= 15 is 0 Å². The number of anilines is 1. The summed E-state index contributed by atoms with van der Waals surface area (Å²) in [7, 11) is 0. The van der Waals surface area contributed by atoms with Gasteiger partial charge in [0.15, 0.2) is 0 Å². The summed E-state index contributed by atoms with van der Waals surface area (Å²) >= 11 is 1.95. The SMILES string of the molecule is Nc1ncc(C(=O)NCC2CCSC2)c2ccccc12. The molecule has 3 rings (SSSR count). The van der Waals surface area contributed by atoms with Crippen molar-refractivity contribution in [2.45, 2.75) is 6.42 Å². The summed E-state index contributed by atoms with van der Waals surface area (Å²) in [5.41, 5.74) is 6.45. The van der Waals surface area contributed by atoms with E-state index in [0.29, 0.717) is 17.3 Å². The zero-order valence-electron chi connectivity index (χ0n) is 11.1. The highest BCUT2D eigenvalue weighted by atomic mass is 32.2. The molecule has 1 aromatic heterocycles. The second-order valence-corrected chi connectivity index (χ2v) is 6.19. The summed E-state index contributed by atoms with van der Waals surface area (Å²) in [6, 6.07) is 7.61. The fourth-order valence-electron chi connectivity index (χ4n) is 2.47. The molecule has 5 heteroatoms. The number of pyridine rings is 1. The number of hydrogen-bond acceptors (Lipinski definition) is 4. The van der Waals surface area contributed by atoms with E-state index in [-0.39, 0.29) is 5.91 Å². The Morgan fingerprint density at radius 3 is 2.95 bits per heavy atom. The van der Waals surface area contributed by atoms with E-state index in [0.717, 1.165) is 23.1 Å². The van der Waals surface area contributed by atoms with Gasteiger partial charge in [-0.05, 0) is 29.2 Å². The van der Waals surface area contributed by atoms with Gasteiger partial charge in [-0.2, -0.15) is 11.8 Å². The van der Waals surface area contributed by atoms with Gasteiger partial charge in [-0.25, -0.2) is 4.98 Å². The van der Waals surface area contributed by atoms with Crippen LogP contribution in [-0.2, 0) is 0 Å². The maximum atomic E-state index is 12.3. The molecule has 0 radical (unpaired) electrons. The predicted octanol–water partition coefficient (Wildman–Crippen LogP) is 2.30. The van der Waals surface area contributed by atoms with E-state index in [9.17, 15) is 4.79 Å². The molecule has 1 amide bonds. The fourth-order valence-corrected chi connectivity index (χ4v) is 3.76. The third kappa shape index (κ3) is 2.58. The van der Waals surface area contributed by atoms with Crippen LogP contribution in [0, 0.1) is 5.92 Å². The van der Waals surface area contributed by atoms with Gasteiger partial charge in [-0.3, -0.25) is 4.79 Å². The Bertz CT molecular complexity index is 638. The highest BCUT2D eigenvalue weighted by Crippen LogP contribution is 2.24. The Hall–Kier alpha value is -1.75. The van der Waals surface area contributed by atoms with Gasteiger partial charge in [0.1, 0.15) is 5.82 Å². The van der Waals surface area contributed by atoms with Crippen LogP contribution >= 0.6 is 11.8 Å². The Labute approximate surface area is 122 Å². The number of nitrogens with zero attached hydrogens (tertiary/aromatic N) is 1. The molecule has 20 heavy (non-hydrogen) atoms. The number of amides is 1. The van der Waals surface area contributed by atoms with E-state index in [4.69, 9.17) is 5.73 Å². The molecule has 1 aromatic carbocycles. The summed E-state index contributed by atoms with van der Waals surface area (Å²) in [5, 5.41) is 4.71. The molecule has 0 bridgehead atoms. The number of fused-ring (bicyclic) bond motifs is 1. The van der Waals surface area contributed by atoms with Gasteiger partial charge in [-0.1, -0.05) is 24.3 Å². The highest BCUT2D eigenvalue weighted by molar-refractivity contribution is 7.99. The van der Waals surface area contributed by atoms with Crippen molar-refractivity contribution >= 4 is 34.3 Å². The summed E-state index contributed by atoms with van der Waals surface area (Å²) in [5.74, 6) is 3.33. The zero-order valence-corrected chi connectivity index (χ0v) is 12.0. The molecule has 1 saturated heterocycles. The van der Waals surface area contributed by atoms with Crippen molar-refractivity contribution in [2.75, 3.05) is 23.8 Å². The lowest BCUT2D eigenvalue weighted by Gasteiger charge is -2.12. The molecule has 1 aliphatic heterocycles. The highest BCUT2D eigenvalue weighted by Gasteiger charge is 2.18. The summed E-state index contributed by atoms with van der Waals surface area (Å²) in [4.78, 5) is 16.4. The smallest absolute Gasteiger partial charge is 0.253 e. The van der Waals surface area contributed by atoms with Crippen molar-refractivity contribution < 1.29 is 4.79 Å². The average molecular weight is 287 g/mol. The van der Waals surface area contributed by atoms with Crippen LogP contribution in [0.25, 0.3) is 10.8 Å². The van der Waals surface area contributed by atoms with Crippen molar-refractivity contribution in [1.29, 1.82) is 0 Å². The monoisotopic (exact) mass is 287 g/mol. The minimum Gasteiger partial charge on any atom is -0.383 e. The molecule has 1 fully saturated rings. The number of nitrogens with one attached hydrogen (secondary N) is 1. The van der Waals surface area contributed by atoms with Crippen molar-refractivity contribution in [3.8, 4) is 0 Å². The summed E-state index contributed by atoms with van der Waals surface area (Å²) < 4.78 is 0. The van der Waals surface area contributed by atoms with Crippen LogP contribution in [0.15, 0.2) is 30.5 Å². The Morgan fingerprint density at radius 2 is 2.20 bits per heavy atom. The summed E-state index contributed by atoms with van der Waals surface area (Å²) in [6.45, 7) is 0.741. The van der Waals surface area contributed by atoms with Gasteiger partial charge in [-0.15, -0.1) is 0 Å². The first-order chi connectivity index (χ1) is 9.75. The van der Waals surface area contributed by atoms with Crippen LogP contribution < -0.4 is 11.1 Å². The fraction of sp³-hybridized carbons (Fsp3) is 0.333. The number of benzene rings is 1. The largest absolute Gasteiger partial charge is 0.383 e. The number of nitrogens with two attached hydrogens (primary N) is 1. The van der Waals surface area contributed by atoms with Gasteiger partial charge in [0, 0.05) is 18.1 Å². The molecule has 1 aliphatic rings. The molecule has 1 atom stereocenters. The third-order valence-corrected chi connectivity index (χ3v) is 4.88. The van der Waals surface area contributed by atoms with Crippen molar-refractivity contribution in [2.24, 2.45) is 5.92 Å². The van der Waals surface area contributed by atoms with Crippen molar-refractivity contribution in [3.63, 3.8) is 0 Å². The molecule has 3 N–H and O–H groups in total. The van der Waals surface area contributed by atoms with Crippen LogP contribution in [-0.4, -0.2) is 28.9 Å². The van der Waals surface area contributed by atoms with Crippen LogP contribution in [0.5, 0.6) is 0 Å². The lowest BCUT2D eigenvalue weighted by Crippen LogP contribution is -2.29. The minimum atomic E-state index is -0.0643. The minimum absolute atomic E-state index is 0.0643. The van der Waals surface area contributed by atoms with Crippen molar-refractivity contribution in [3.05, 3.63) is 36.0 Å². The quantitative estimate of drug-likeness (QED) is 0.909. The number of aromatic nitrogens is 1. The van der Waals surface area contributed by atoms with E-state index in [1.807, 2.05) is 36.0 Å². The molecule has 1 unspecified atom stereocenters. The molecule has 104 valence electrons.